The minimum absolute atomic E-state index is 0.0343. The molecule has 1 heterocycles. The average molecular weight is 210 g/mol. The van der Waals surface area contributed by atoms with Crippen LogP contribution in [0.2, 0.25) is 5.15 Å². The Kier molecular flexibility index (Phi) is 2.17. The number of carboxylic acid groups (broad SMARTS) is 1. The molecule has 1 aromatic carbocycles. The van der Waals surface area contributed by atoms with Crippen LogP contribution in [0.25, 0.3) is 10.9 Å². The molecule has 0 amide bonds. The van der Waals surface area contributed by atoms with Crippen molar-refractivity contribution >= 4 is 28.5 Å². The second-order valence-electron chi connectivity index (χ2n) is 3.11. The summed E-state index contributed by atoms with van der Waals surface area (Å²) < 4.78 is 0. The molecule has 4 heteroatoms. The van der Waals surface area contributed by atoms with E-state index in [0.717, 1.165) is 16.5 Å². The molecule has 2 aromatic rings. The molecule has 0 saturated carbocycles. The normalized spacial score (nSPS) is 10.6. The summed E-state index contributed by atoms with van der Waals surface area (Å²) in [5.41, 5.74) is 1.64. The fourth-order valence-corrected chi connectivity index (χ4v) is 1.64. The van der Waals surface area contributed by atoms with Gasteiger partial charge in [-0.3, -0.25) is 4.79 Å². The van der Waals surface area contributed by atoms with Gasteiger partial charge in [-0.1, -0.05) is 23.7 Å². The van der Waals surface area contributed by atoms with Gasteiger partial charge in [0.2, 0.25) is 0 Å². The molecule has 14 heavy (non-hydrogen) atoms. The number of aromatic nitrogens is 1. The minimum atomic E-state index is -0.831. The van der Waals surface area contributed by atoms with E-state index in [1.54, 1.807) is 18.2 Å². The predicted octanol–water partition coefficient (Wildman–Crippen LogP) is 2.45. The first kappa shape index (κ1) is 9.09. The highest BCUT2D eigenvalue weighted by Gasteiger charge is 2.03. The van der Waals surface area contributed by atoms with E-state index in [9.17, 15) is 4.79 Å². The van der Waals surface area contributed by atoms with Crippen molar-refractivity contribution in [2.24, 2.45) is 0 Å². The molecule has 2 N–H and O–H groups in total. The number of hydrogen-bond acceptors (Lipinski definition) is 1. The van der Waals surface area contributed by atoms with Gasteiger partial charge in [0.05, 0.1) is 6.42 Å². The number of halogens is 1. The SMILES string of the molecule is O=C(O)Cc1ccc2cc(Cl)[nH]c2c1. The monoisotopic (exact) mass is 209 g/mol. The number of benzene rings is 1. The van der Waals surface area contributed by atoms with E-state index >= 15 is 0 Å². The number of fused-ring (bicyclic) bond motifs is 1. The molecule has 0 radical (unpaired) electrons. The number of carbonyl (C=O) groups is 1. The van der Waals surface area contributed by atoms with Gasteiger partial charge in [0, 0.05) is 10.9 Å². The second kappa shape index (κ2) is 3.35. The quantitative estimate of drug-likeness (QED) is 0.798. The number of aromatic amines is 1. The highest BCUT2D eigenvalue weighted by molar-refractivity contribution is 6.30. The van der Waals surface area contributed by atoms with Gasteiger partial charge in [0.25, 0.3) is 0 Å². The van der Waals surface area contributed by atoms with Crippen molar-refractivity contribution in [2.75, 3.05) is 0 Å². The lowest BCUT2D eigenvalue weighted by Crippen LogP contribution is -1.99. The molecule has 0 aliphatic carbocycles. The lowest BCUT2D eigenvalue weighted by molar-refractivity contribution is -0.136. The van der Waals surface area contributed by atoms with Gasteiger partial charge in [-0.05, 0) is 17.7 Å². The van der Waals surface area contributed by atoms with Crippen LogP contribution in [0.4, 0.5) is 0 Å². The number of carboxylic acids is 1. The van der Waals surface area contributed by atoms with Crippen molar-refractivity contribution in [1.82, 2.24) is 4.98 Å². The largest absolute Gasteiger partial charge is 0.481 e. The Bertz CT molecular complexity index is 490. The van der Waals surface area contributed by atoms with Gasteiger partial charge in [-0.25, -0.2) is 0 Å². The third-order valence-electron chi connectivity index (χ3n) is 2.01. The minimum Gasteiger partial charge on any atom is -0.481 e. The topological polar surface area (TPSA) is 53.1 Å². The molecule has 0 spiro atoms. The van der Waals surface area contributed by atoms with Crippen molar-refractivity contribution in [3.05, 3.63) is 35.0 Å². The third-order valence-corrected chi connectivity index (χ3v) is 2.21. The van der Waals surface area contributed by atoms with E-state index in [2.05, 4.69) is 4.98 Å². The summed E-state index contributed by atoms with van der Waals surface area (Å²) in [4.78, 5) is 13.4. The van der Waals surface area contributed by atoms with Gasteiger partial charge >= 0.3 is 5.97 Å². The predicted molar refractivity (Wildman–Crippen MR) is 54.6 cm³/mol. The van der Waals surface area contributed by atoms with Crippen molar-refractivity contribution in [3.8, 4) is 0 Å². The zero-order valence-corrected chi connectivity index (χ0v) is 8.01. The molecule has 0 atom stereocenters. The maximum atomic E-state index is 10.5. The van der Waals surface area contributed by atoms with Crippen LogP contribution in [0.1, 0.15) is 5.56 Å². The Hall–Kier alpha value is -1.48. The van der Waals surface area contributed by atoms with Crippen LogP contribution in [-0.2, 0) is 11.2 Å². The van der Waals surface area contributed by atoms with Crippen LogP contribution in [0.5, 0.6) is 0 Å². The van der Waals surface area contributed by atoms with Crippen LogP contribution >= 0.6 is 11.6 Å². The Labute approximate surface area is 85.3 Å². The van der Waals surface area contributed by atoms with Crippen molar-refractivity contribution in [1.29, 1.82) is 0 Å². The maximum absolute atomic E-state index is 10.5. The summed E-state index contributed by atoms with van der Waals surface area (Å²) in [6, 6.07) is 7.26. The Balaban J connectivity index is 2.45. The molecular weight excluding hydrogens is 202 g/mol. The van der Waals surface area contributed by atoms with Crippen molar-refractivity contribution < 1.29 is 9.90 Å². The van der Waals surface area contributed by atoms with Crippen molar-refractivity contribution in [2.45, 2.75) is 6.42 Å². The number of aliphatic carboxylic acids is 1. The van der Waals surface area contributed by atoms with Gasteiger partial charge < -0.3 is 10.1 Å². The average Bonchev–Trinajstić information content (AvgIpc) is 2.42. The molecule has 1 aromatic heterocycles. The molecule has 3 nitrogen and oxygen atoms in total. The summed E-state index contributed by atoms with van der Waals surface area (Å²) in [7, 11) is 0. The second-order valence-corrected chi connectivity index (χ2v) is 3.52. The van der Waals surface area contributed by atoms with E-state index in [0.29, 0.717) is 5.15 Å². The first-order chi connectivity index (χ1) is 6.65. The highest BCUT2D eigenvalue weighted by Crippen LogP contribution is 2.20. The summed E-state index contributed by atoms with van der Waals surface area (Å²) in [6.45, 7) is 0. The van der Waals surface area contributed by atoms with E-state index in [-0.39, 0.29) is 6.42 Å². The van der Waals surface area contributed by atoms with Crippen LogP contribution in [0, 0.1) is 0 Å². The van der Waals surface area contributed by atoms with E-state index < -0.39 is 5.97 Å². The van der Waals surface area contributed by atoms with Crippen LogP contribution < -0.4 is 0 Å². The summed E-state index contributed by atoms with van der Waals surface area (Å²) in [5, 5.41) is 10.2. The number of H-pyrrole nitrogens is 1. The van der Waals surface area contributed by atoms with Gasteiger partial charge in [0.1, 0.15) is 5.15 Å². The van der Waals surface area contributed by atoms with Crippen molar-refractivity contribution in [3.63, 3.8) is 0 Å². The molecule has 0 aliphatic heterocycles. The number of hydrogen-bond donors (Lipinski definition) is 2. The van der Waals surface area contributed by atoms with Crippen LogP contribution in [0.3, 0.4) is 0 Å². The highest BCUT2D eigenvalue weighted by atomic mass is 35.5. The smallest absolute Gasteiger partial charge is 0.307 e. The van der Waals surface area contributed by atoms with Gasteiger partial charge in [0.15, 0.2) is 0 Å². The zero-order chi connectivity index (χ0) is 10.1. The first-order valence-electron chi connectivity index (χ1n) is 4.14. The molecule has 0 fully saturated rings. The van der Waals surface area contributed by atoms with Gasteiger partial charge in [-0.2, -0.15) is 0 Å². The molecule has 72 valence electrons. The van der Waals surface area contributed by atoms with Gasteiger partial charge in [-0.15, -0.1) is 0 Å². The third kappa shape index (κ3) is 1.72. The number of rotatable bonds is 2. The molecule has 0 unspecified atom stereocenters. The molecule has 0 aliphatic rings. The fourth-order valence-electron chi connectivity index (χ4n) is 1.42. The van der Waals surface area contributed by atoms with E-state index in [1.165, 1.54) is 0 Å². The number of nitrogens with one attached hydrogen (secondary N) is 1. The van der Waals surface area contributed by atoms with Crippen LogP contribution in [0.15, 0.2) is 24.3 Å². The Morgan fingerprint density at radius 1 is 1.43 bits per heavy atom. The van der Waals surface area contributed by atoms with Crippen LogP contribution in [-0.4, -0.2) is 16.1 Å². The lowest BCUT2D eigenvalue weighted by atomic mass is 10.1. The molecule has 0 bridgehead atoms. The zero-order valence-electron chi connectivity index (χ0n) is 7.25. The Morgan fingerprint density at radius 2 is 2.21 bits per heavy atom. The summed E-state index contributed by atoms with van der Waals surface area (Å²) in [5.74, 6) is -0.831. The molecule has 0 saturated heterocycles. The molecular formula is C10H8ClNO2. The van der Waals surface area contributed by atoms with E-state index in [4.69, 9.17) is 16.7 Å². The Morgan fingerprint density at radius 3 is 2.93 bits per heavy atom. The summed E-state index contributed by atoms with van der Waals surface area (Å²) in [6.07, 6.45) is 0.0343. The summed E-state index contributed by atoms with van der Waals surface area (Å²) >= 11 is 5.77. The first-order valence-corrected chi connectivity index (χ1v) is 4.52. The molecule has 2 rings (SSSR count). The lowest BCUT2D eigenvalue weighted by Gasteiger charge is -1.96. The maximum Gasteiger partial charge on any atom is 0.307 e. The van der Waals surface area contributed by atoms with E-state index in [1.807, 2.05) is 6.07 Å². The standard InChI is InChI=1S/C10H8ClNO2/c11-9-5-7-2-1-6(4-10(13)14)3-8(7)12-9/h1-3,5,12H,4H2,(H,13,14). The fraction of sp³-hybridized carbons (Fsp3) is 0.100.